The highest BCUT2D eigenvalue weighted by Gasteiger charge is 2.46. The monoisotopic (exact) mass is 312 g/mol. The predicted octanol–water partition coefficient (Wildman–Crippen LogP) is 0.778. The van der Waals surface area contributed by atoms with Crippen molar-refractivity contribution in [2.45, 2.75) is 38.8 Å². The molecular weight excluding hydrogens is 288 g/mol. The van der Waals surface area contributed by atoms with E-state index in [4.69, 9.17) is 0 Å². The fourth-order valence-corrected chi connectivity index (χ4v) is 4.78. The van der Waals surface area contributed by atoms with E-state index in [0.29, 0.717) is 13.1 Å². The van der Waals surface area contributed by atoms with Gasteiger partial charge in [0.05, 0.1) is 11.3 Å². The lowest BCUT2D eigenvalue weighted by Crippen LogP contribution is -2.57. The number of rotatable bonds is 2. The second-order valence-electron chi connectivity index (χ2n) is 6.13. The Bertz CT molecular complexity index is 629. The third-order valence-corrected chi connectivity index (χ3v) is 7.05. The van der Waals surface area contributed by atoms with Crippen LogP contribution in [-0.4, -0.2) is 59.6 Å². The van der Waals surface area contributed by atoms with Crippen molar-refractivity contribution >= 4 is 10.0 Å². The molecule has 0 N–H and O–H groups in total. The van der Waals surface area contributed by atoms with Crippen LogP contribution in [0.5, 0.6) is 0 Å². The molecular formula is C14H24N4O2S. The van der Waals surface area contributed by atoms with Crippen molar-refractivity contribution in [1.82, 2.24) is 18.8 Å². The summed E-state index contributed by atoms with van der Waals surface area (Å²) in [4.78, 5) is 7.01. The number of hydrogen-bond donors (Lipinski definition) is 0. The first-order chi connectivity index (χ1) is 9.90. The Labute approximate surface area is 126 Å². The van der Waals surface area contributed by atoms with Crippen molar-refractivity contribution in [3.63, 3.8) is 0 Å². The average Bonchev–Trinajstić information content (AvgIpc) is 2.86. The van der Waals surface area contributed by atoms with Crippen LogP contribution in [0.1, 0.15) is 31.3 Å². The number of sulfonamides is 1. The van der Waals surface area contributed by atoms with Gasteiger partial charge in [0.25, 0.3) is 0 Å². The summed E-state index contributed by atoms with van der Waals surface area (Å²) in [6.07, 6.45) is 3.57. The molecule has 1 saturated heterocycles. The van der Waals surface area contributed by atoms with E-state index in [0.717, 1.165) is 31.8 Å². The minimum Gasteiger partial charge on any atom is -0.329 e. The summed E-state index contributed by atoms with van der Waals surface area (Å²) in [5.41, 5.74) is 1.09. The van der Waals surface area contributed by atoms with Gasteiger partial charge in [-0.2, -0.15) is 0 Å². The molecule has 0 aromatic carbocycles. The quantitative estimate of drug-likeness (QED) is 0.810. The van der Waals surface area contributed by atoms with Gasteiger partial charge in [0.1, 0.15) is 5.82 Å². The summed E-state index contributed by atoms with van der Waals surface area (Å²) in [5, 5.41) is 0. The Morgan fingerprint density at radius 2 is 1.90 bits per heavy atom. The maximum atomic E-state index is 12.0. The summed E-state index contributed by atoms with van der Waals surface area (Å²) in [5.74, 6) is 1.30. The van der Waals surface area contributed by atoms with Crippen molar-refractivity contribution in [3.05, 3.63) is 17.7 Å². The second kappa shape index (κ2) is 5.07. The van der Waals surface area contributed by atoms with Crippen LogP contribution in [0.4, 0.5) is 0 Å². The molecule has 0 radical (unpaired) electrons. The molecule has 0 saturated carbocycles. The molecule has 7 heteroatoms. The lowest BCUT2D eigenvalue weighted by Gasteiger charge is -2.49. The van der Waals surface area contributed by atoms with Crippen molar-refractivity contribution in [1.29, 1.82) is 0 Å². The molecule has 1 spiro atoms. The zero-order valence-electron chi connectivity index (χ0n) is 13.0. The number of nitrogens with zero attached hydrogens (tertiary/aromatic N) is 4. The van der Waals surface area contributed by atoms with E-state index < -0.39 is 10.0 Å². The van der Waals surface area contributed by atoms with Crippen molar-refractivity contribution in [3.8, 4) is 0 Å². The molecule has 3 rings (SSSR count). The lowest BCUT2D eigenvalue weighted by atomic mass is 9.84. The largest absolute Gasteiger partial charge is 0.329 e. The third-order valence-electron chi connectivity index (χ3n) is 5.17. The second-order valence-corrected chi connectivity index (χ2v) is 8.39. The van der Waals surface area contributed by atoms with Crippen LogP contribution in [0.3, 0.4) is 0 Å². The Hall–Kier alpha value is -0.920. The van der Waals surface area contributed by atoms with Gasteiger partial charge >= 0.3 is 0 Å². The third kappa shape index (κ3) is 2.22. The maximum Gasteiger partial charge on any atom is 0.213 e. The summed E-state index contributed by atoms with van der Waals surface area (Å²) in [6, 6.07) is 0. The van der Waals surface area contributed by atoms with E-state index in [-0.39, 0.29) is 11.3 Å². The van der Waals surface area contributed by atoms with Gasteiger partial charge in [0.2, 0.25) is 10.0 Å². The van der Waals surface area contributed by atoms with E-state index in [1.807, 2.05) is 6.20 Å². The van der Waals surface area contributed by atoms with Gasteiger partial charge in [0.15, 0.2) is 0 Å². The molecule has 0 atom stereocenters. The summed E-state index contributed by atoms with van der Waals surface area (Å²) >= 11 is 0. The summed E-state index contributed by atoms with van der Waals surface area (Å²) in [7, 11) is -0.942. The minimum absolute atomic E-state index is 0.105. The molecule has 0 unspecified atom stereocenters. The van der Waals surface area contributed by atoms with Crippen molar-refractivity contribution in [2.24, 2.45) is 0 Å². The average molecular weight is 312 g/mol. The molecule has 2 aliphatic heterocycles. The Kier molecular flexibility index (Phi) is 3.62. The topological polar surface area (TPSA) is 58.4 Å². The zero-order valence-corrected chi connectivity index (χ0v) is 13.9. The first kappa shape index (κ1) is 15.0. The highest BCUT2D eigenvalue weighted by molar-refractivity contribution is 7.89. The fraction of sp³-hybridized carbons (Fsp3) is 0.786. The molecule has 0 aliphatic carbocycles. The number of aromatic nitrogens is 2. The van der Waals surface area contributed by atoms with Gasteiger partial charge < -0.3 is 4.57 Å². The van der Waals surface area contributed by atoms with Crippen molar-refractivity contribution in [2.75, 3.05) is 32.4 Å². The van der Waals surface area contributed by atoms with Gasteiger partial charge in [-0.1, -0.05) is 0 Å². The van der Waals surface area contributed by atoms with E-state index in [1.54, 1.807) is 11.2 Å². The standard InChI is InChI=1S/C14H24N4O2S/c1-4-21(19,20)17-7-5-14(6-8-17)13-15-11-12(2)18(13)10-9-16(14)3/h11H,4-10H2,1-3H3. The number of fused-ring (bicyclic) bond motifs is 2. The molecule has 1 aromatic heterocycles. The molecule has 0 bridgehead atoms. The molecule has 118 valence electrons. The zero-order chi connectivity index (χ0) is 15.3. The van der Waals surface area contributed by atoms with Crippen LogP contribution >= 0.6 is 0 Å². The number of likely N-dealkylation sites (N-methyl/N-ethyl adjacent to an activating group) is 1. The van der Waals surface area contributed by atoms with E-state index in [2.05, 4.69) is 28.4 Å². The van der Waals surface area contributed by atoms with E-state index in [1.165, 1.54) is 5.69 Å². The first-order valence-electron chi connectivity index (χ1n) is 7.62. The van der Waals surface area contributed by atoms with Gasteiger partial charge in [-0.05, 0) is 33.7 Å². The van der Waals surface area contributed by atoms with Crippen LogP contribution in [0, 0.1) is 6.92 Å². The molecule has 3 heterocycles. The summed E-state index contributed by atoms with van der Waals surface area (Å²) in [6.45, 7) is 6.94. The lowest BCUT2D eigenvalue weighted by molar-refractivity contribution is 0.0267. The van der Waals surface area contributed by atoms with E-state index >= 15 is 0 Å². The number of piperidine rings is 1. The Balaban J connectivity index is 1.90. The molecule has 1 aromatic rings. The highest BCUT2D eigenvalue weighted by Crippen LogP contribution is 2.40. The normalized spacial score (nSPS) is 23.4. The predicted molar refractivity (Wildman–Crippen MR) is 81.5 cm³/mol. The number of imidazole rings is 1. The SMILES string of the molecule is CCS(=O)(=O)N1CCC2(CC1)c1ncc(C)n1CCN2C. The van der Waals surface area contributed by atoms with Crippen LogP contribution in [0.2, 0.25) is 0 Å². The number of aryl methyl sites for hydroxylation is 1. The van der Waals surface area contributed by atoms with Crippen LogP contribution in [0.15, 0.2) is 6.20 Å². The van der Waals surface area contributed by atoms with Crippen LogP contribution in [-0.2, 0) is 22.1 Å². The molecule has 2 aliphatic rings. The first-order valence-corrected chi connectivity index (χ1v) is 9.23. The fourth-order valence-electron chi connectivity index (χ4n) is 3.67. The van der Waals surface area contributed by atoms with Gasteiger partial charge in [-0.25, -0.2) is 17.7 Å². The van der Waals surface area contributed by atoms with Crippen LogP contribution in [0.25, 0.3) is 0 Å². The van der Waals surface area contributed by atoms with E-state index in [9.17, 15) is 8.42 Å². The van der Waals surface area contributed by atoms with Crippen molar-refractivity contribution < 1.29 is 8.42 Å². The van der Waals surface area contributed by atoms with Crippen LogP contribution < -0.4 is 0 Å². The molecule has 6 nitrogen and oxygen atoms in total. The molecule has 1 fully saturated rings. The van der Waals surface area contributed by atoms with Gasteiger partial charge in [0, 0.05) is 38.1 Å². The van der Waals surface area contributed by atoms with Gasteiger partial charge in [-0.15, -0.1) is 0 Å². The minimum atomic E-state index is -3.08. The summed E-state index contributed by atoms with van der Waals surface area (Å²) < 4.78 is 28.0. The Morgan fingerprint density at radius 1 is 1.24 bits per heavy atom. The number of hydrogen-bond acceptors (Lipinski definition) is 4. The highest BCUT2D eigenvalue weighted by atomic mass is 32.2. The molecule has 0 amide bonds. The molecule has 21 heavy (non-hydrogen) atoms. The smallest absolute Gasteiger partial charge is 0.213 e. The Morgan fingerprint density at radius 3 is 2.52 bits per heavy atom. The maximum absolute atomic E-state index is 12.0. The van der Waals surface area contributed by atoms with Gasteiger partial charge in [-0.3, -0.25) is 4.90 Å².